The van der Waals surface area contributed by atoms with Crippen LogP contribution in [0.15, 0.2) is 61.2 Å². The number of methoxy groups -OCH3 is 1. The van der Waals surface area contributed by atoms with Crippen molar-refractivity contribution in [1.29, 1.82) is 0 Å². The molecule has 5 aromatic rings. The van der Waals surface area contributed by atoms with Crippen molar-refractivity contribution in [3.05, 3.63) is 61.2 Å². The van der Waals surface area contributed by atoms with E-state index < -0.39 is 0 Å². The Balaban J connectivity index is 1.26. The third-order valence-electron chi connectivity index (χ3n) is 5.96. The highest BCUT2D eigenvalue weighted by Gasteiger charge is 2.21. The van der Waals surface area contributed by atoms with Crippen molar-refractivity contribution >= 4 is 33.7 Å². The average Bonchev–Trinajstić information content (AvgIpc) is 3.50. The molecule has 32 heavy (non-hydrogen) atoms. The van der Waals surface area contributed by atoms with Crippen molar-refractivity contribution in [2.45, 2.75) is 0 Å². The summed E-state index contributed by atoms with van der Waals surface area (Å²) in [5, 5.41) is 8.14. The lowest BCUT2D eigenvalue weighted by Gasteiger charge is -2.36. The van der Waals surface area contributed by atoms with Gasteiger partial charge >= 0.3 is 0 Å². The van der Waals surface area contributed by atoms with Gasteiger partial charge < -0.3 is 14.5 Å². The first-order valence-electron chi connectivity index (χ1n) is 10.6. The van der Waals surface area contributed by atoms with E-state index in [0.29, 0.717) is 0 Å². The largest absolute Gasteiger partial charge is 0.497 e. The van der Waals surface area contributed by atoms with E-state index in [2.05, 4.69) is 48.2 Å². The molecule has 0 radical (unpaired) electrons. The summed E-state index contributed by atoms with van der Waals surface area (Å²) in [6.45, 7) is 3.48. The van der Waals surface area contributed by atoms with E-state index in [1.807, 2.05) is 35.0 Å². The SMILES string of the molecule is COc1cccc(N2CCN(c3ncc4ncn(-c5ccc6[nH]ncc6c5)c4n3)CC2)c1. The summed E-state index contributed by atoms with van der Waals surface area (Å²) in [5.74, 6) is 1.61. The van der Waals surface area contributed by atoms with Crippen LogP contribution in [0.2, 0.25) is 0 Å². The van der Waals surface area contributed by atoms with Crippen molar-refractivity contribution in [3.63, 3.8) is 0 Å². The fraction of sp³-hybridized carbons (Fsp3) is 0.217. The minimum Gasteiger partial charge on any atom is -0.497 e. The van der Waals surface area contributed by atoms with Crippen LogP contribution in [0.4, 0.5) is 11.6 Å². The van der Waals surface area contributed by atoms with Crippen LogP contribution in [0.5, 0.6) is 5.75 Å². The van der Waals surface area contributed by atoms with Gasteiger partial charge in [-0.15, -0.1) is 0 Å². The van der Waals surface area contributed by atoms with Gasteiger partial charge in [-0.05, 0) is 30.3 Å². The van der Waals surface area contributed by atoms with Crippen LogP contribution >= 0.6 is 0 Å². The predicted octanol–water partition coefficient (Wildman–Crippen LogP) is 3.03. The van der Waals surface area contributed by atoms with Gasteiger partial charge in [-0.25, -0.2) is 9.97 Å². The molecule has 9 heteroatoms. The Morgan fingerprint density at radius 3 is 2.66 bits per heavy atom. The Morgan fingerprint density at radius 2 is 1.78 bits per heavy atom. The number of aromatic amines is 1. The van der Waals surface area contributed by atoms with Crippen LogP contribution in [0.1, 0.15) is 0 Å². The van der Waals surface area contributed by atoms with E-state index >= 15 is 0 Å². The summed E-state index contributed by atoms with van der Waals surface area (Å²) in [5.41, 5.74) is 4.74. The molecule has 4 heterocycles. The van der Waals surface area contributed by atoms with Crippen molar-refractivity contribution in [1.82, 2.24) is 29.7 Å². The predicted molar refractivity (Wildman–Crippen MR) is 124 cm³/mol. The first kappa shape index (κ1) is 18.6. The summed E-state index contributed by atoms with van der Waals surface area (Å²) in [7, 11) is 1.70. The van der Waals surface area contributed by atoms with Gasteiger partial charge in [0.25, 0.3) is 0 Å². The topological polar surface area (TPSA) is 88.0 Å². The third-order valence-corrected chi connectivity index (χ3v) is 5.96. The van der Waals surface area contributed by atoms with Crippen molar-refractivity contribution in [2.75, 3.05) is 43.1 Å². The average molecular weight is 426 g/mol. The van der Waals surface area contributed by atoms with E-state index in [0.717, 1.165) is 65.6 Å². The maximum absolute atomic E-state index is 5.37. The highest BCUT2D eigenvalue weighted by atomic mass is 16.5. The fourth-order valence-electron chi connectivity index (χ4n) is 4.19. The first-order chi connectivity index (χ1) is 15.8. The van der Waals surface area contributed by atoms with Crippen LogP contribution in [-0.2, 0) is 0 Å². The zero-order valence-electron chi connectivity index (χ0n) is 17.6. The monoisotopic (exact) mass is 426 g/mol. The number of imidazole rings is 1. The molecule has 1 aliphatic heterocycles. The summed E-state index contributed by atoms with van der Waals surface area (Å²) in [6.07, 6.45) is 5.42. The maximum atomic E-state index is 5.37. The lowest BCUT2D eigenvalue weighted by molar-refractivity contribution is 0.414. The van der Waals surface area contributed by atoms with Gasteiger partial charge in [0, 0.05) is 49.0 Å². The van der Waals surface area contributed by atoms with E-state index in [4.69, 9.17) is 9.72 Å². The minimum atomic E-state index is 0.730. The number of nitrogens with zero attached hydrogens (tertiary/aromatic N) is 7. The lowest BCUT2D eigenvalue weighted by atomic mass is 10.2. The number of rotatable bonds is 4. The Bertz CT molecular complexity index is 1400. The molecule has 3 aromatic heterocycles. The Kier molecular flexibility index (Phi) is 4.38. The summed E-state index contributed by atoms with van der Waals surface area (Å²) < 4.78 is 7.36. The number of ether oxygens (including phenoxy) is 1. The number of anilines is 2. The number of aromatic nitrogens is 6. The van der Waals surface area contributed by atoms with Gasteiger partial charge in [-0.1, -0.05) is 6.07 Å². The number of fused-ring (bicyclic) bond motifs is 2. The van der Waals surface area contributed by atoms with Gasteiger partial charge in [-0.2, -0.15) is 10.1 Å². The summed E-state index contributed by atoms with van der Waals surface area (Å²) in [4.78, 5) is 18.6. The van der Waals surface area contributed by atoms with Crippen LogP contribution in [0.25, 0.3) is 27.8 Å². The zero-order valence-corrected chi connectivity index (χ0v) is 17.6. The highest BCUT2D eigenvalue weighted by Crippen LogP contribution is 2.25. The molecule has 0 amide bonds. The quantitative estimate of drug-likeness (QED) is 0.473. The number of nitrogens with one attached hydrogen (secondary N) is 1. The van der Waals surface area contributed by atoms with Crippen molar-refractivity contribution in [3.8, 4) is 11.4 Å². The molecule has 0 bridgehead atoms. The molecule has 0 atom stereocenters. The Hall–Kier alpha value is -4.14. The van der Waals surface area contributed by atoms with E-state index in [1.165, 1.54) is 5.69 Å². The minimum absolute atomic E-state index is 0.730. The lowest BCUT2D eigenvalue weighted by Crippen LogP contribution is -2.47. The second kappa shape index (κ2) is 7.52. The Morgan fingerprint density at radius 1 is 0.906 bits per heavy atom. The number of benzene rings is 2. The molecule has 1 fully saturated rings. The standard InChI is InChI=1S/C23H22N8O/c1-32-19-4-2-3-17(12-19)29-7-9-30(10-8-29)23-24-14-21-22(27-23)31(15-25-21)18-5-6-20-16(11-18)13-26-28-20/h2-6,11-15H,7-10H2,1H3,(H,26,28). The smallest absolute Gasteiger partial charge is 0.227 e. The molecule has 0 spiro atoms. The third kappa shape index (κ3) is 3.18. The van der Waals surface area contributed by atoms with Gasteiger partial charge in [0.15, 0.2) is 5.65 Å². The molecule has 160 valence electrons. The number of piperazine rings is 1. The molecule has 0 saturated carbocycles. The Labute approximate surface area is 184 Å². The number of hydrogen-bond acceptors (Lipinski definition) is 7. The van der Waals surface area contributed by atoms with Gasteiger partial charge in [-0.3, -0.25) is 9.67 Å². The van der Waals surface area contributed by atoms with Gasteiger partial charge in [0.2, 0.25) is 5.95 Å². The van der Waals surface area contributed by atoms with Crippen LogP contribution in [0.3, 0.4) is 0 Å². The molecular formula is C23H22N8O. The maximum Gasteiger partial charge on any atom is 0.227 e. The molecule has 0 unspecified atom stereocenters. The molecular weight excluding hydrogens is 404 g/mol. The van der Waals surface area contributed by atoms with Crippen LogP contribution in [0, 0.1) is 0 Å². The molecule has 9 nitrogen and oxygen atoms in total. The summed E-state index contributed by atoms with van der Waals surface area (Å²) >= 11 is 0. The zero-order chi connectivity index (χ0) is 21.5. The first-order valence-corrected chi connectivity index (χ1v) is 10.6. The van der Waals surface area contributed by atoms with Crippen LogP contribution < -0.4 is 14.5 Å². The van der Waals surface area contributed by atoms with E-state index in [-0.39, 0.29) is 0 Å². The molecule has 6 rings (SSSR count). The highest BCUT2D eigenvalue weighted by molar-refractivity contribution is 5.81. The molecule has 2 aromatic carbocycles. The molecule has 1 N–H and O–H groups in total. The molecule has 0 aliphatic carbocycles. The fourth-order valence-corrected chi connectivity index (χ4v) is 4.19. The van der Waals surface area contributed by atoms with Crippen molar-refractivity contribution < 1.29 is 4.74 Å². The van der Waals surface area contributed by atoms with Gasteiger partial charge in [0.1, 0.15) is 17.6 Å². The normalized spacial score (nSPS) is 14.4. The number of hydrogen-bond donors (Lipinski definition) is 1. The van der Waals surface area contributed by atoms with Crippen molar-refractivity contribution in [2.24, 2.45) is 0 Å². The molecule has 1 saturated heterocycles. The summed E-state index contributed by atoms with van der Waals surface area (Å²) in [6, 6.07) is 14.3. The second-order valence-corrected chi connectivity index (χ2v) is 7.81. The van der Waals surface area contributed by atoms with Crippen LogP contribution in [-0.4, -0.2) is 63.0 Å². The molecule has 1 aliphatic rings. The van der Waals surface area contributed by atoms with E-state index in [9.17, 15) is 0 Å². The van der Waals surface area contributed by atoms with Gasteiger partial charge in [0.05, 0.1) is 25.0 Å². The number of H-pyrrole nitrogens is 1. The second-order valence-electron chi connectivity index (χ2n) is 7.81. The van der Waals surface area contributed by atoms with E-state index in [1.54, 1.807) is 19.6 Å².